The number of carbonyl (C=O) groups is 2. The van der Waals surface area contributed by atoms with Crippen molar-refractivity contribution in [1.82, 2.24) is 14.9 Å². The van der Waals surface area contributed by atoms with Crippen molar-refractivity contribution in [2.24, 2.45) is 17.8 Å². The molecule has 0 radical (unpaired) electrons. The van der Waals surface area contributed by atoms with Gasteiger partial charge in [-0.25, -0.2) is 14.8 Å². The fourth-order valence-corrected chi connectivity index (χ4v) is 5.04. The minimum Gasteiger partial charge on any atom is -0.444 e. The molecule has 2 fully saturated rings. The van der Waals surface area contributed by atoms with Gasteiger partial charge in [0.25, 0.3) is 0 Å². The maximum absolute atomic E-state index is 13.2. The molecular weight excluding hydrogens is 390 g/mol. The van der Waals surface area contributed by atoms with Gasteiger partial charge in [0.2, 0.25) is 0 Å². The zero-order valence-corrected chi connectivity index (χ0v) is 19.7. The van der Waals surface area contributed by atoms with Crippen LogP contribution in [0.15, 0.2) is 18.2 Å². The third kappa shape index (κ3) is 4.17. The lowest BCUT2D eigenvalue weighted by molar-refractivity contribution is -0.122. The molecule has 3 atom stereocenters. The van der Waals surface area contributed by atoms with E-state index in [1.165, 1.54) is 0 Å². The fraction of sp³-hybridized carbons (Fsp3) is 0.600. The second-order valence-electron chi connectivity index (χ2n) is 10.9. The van der Waals surface area contributed by atoms with Gasteiger partial charge in [0.05, 0.1) is 11.2 Å². The predicted molar refractivity (Wildman–Crippen MR) is 120 cm³/mol. The van der Waals surface area contributed by atoms with Crippen LogP contribution in [-0.4, -0.2) is 45.4 Å². The van der Waals surface area contributed by atoms with Crippen molar-refractivity contribution in [3.63, 3.8) is 0 Å². The Labute approximate surface area is 184 Å². The first-order valence-corrected chi connectivity index (χ1v) is 11.1. The van der Waals surface area contributed by atoms with E-state index in [1.54, 1.807) is 4.90 Å². The third-order valence-corrected chi connectivity index (χ3v) is 6.51. The number of ketones is 1. The van der Waals surface area contributed by atoms with Crippen molar-refractivity contribution in [1.29, 1.82) is 0 Å². The molecule has 0 N–H and O–H groups in total. The summed E-state index contributed by atoms with van der Waals surface area (Å²) in [6.45, 7) is 15.0. The Morgan fingerprint density at radius 3 is 2.32 bits per heavy atom. The lowest BCUT2D eigenvalue weighted by atomic mass is 9.80. The maximum atomic E-state index is 13.2. The normalized spacial score (nSPS) is 23.1. The summed E-state index contributed by atoms with van der Waals surface area (Å²) in [5.41, 5.74) is 2.12. The largest absolute Gasteiger partial charge is 0.444 e. The highest BCUT2D eigenvalue weighted by Crippen LogP contribution is 2.53. The smallest absolute Gasteiger partial charge is 0.410 e. The molecule has 1 aliphatic carbocycles. The number of piperidine rings is 1. The van der Waals surface area contributed by atoms with E-state index in [0.29, 0.717) is 19.5 Å². The van der Waals surface area contributed by atoms with Gasteiger partial charge in [0, 0.05) is 36.2 Å². The lowest BCUT2D eigenvalue weighted by Gasteiger charge is -2.27. The molecule has 4 rings (SSSR count). The molecule has 2 aromatic rings. The second kappa shape index (κ2) is 7.28. The van der Waals surface area contributed by atoms with Gasteiger partial charge < -0.3 is 9.64 Å². The predicted octanol–water partition coefficient (Wildman–Crippen LogP) is 4.60. The van der Waals surface area contributed by atoms with Gasteiger partial charge in [-0.2, -0.15) is 0 Å². The molecule has 1 unspecified atom stereocenters. The highest BCUT2D eigenvalue weighted by molar-refractivity contribution is 5.89. The summed E-state index contributed by atoms with van der Waals surface area (Å²) in [5, 5.41) is 1.02. The van der Waals surface area contributed by atoms with Crippen molar-refractivity contribution in [2.45, 2.75) is 65.9 Å². The summed E-state index contributed by atoms with van der Waals surface area (Å²) in [7, 11) is 0. The van der Waals surface area contributed by atoms with Gasteiger partial charge in [-0.1, -0.05) is 32.0 Å². The number of rotatable bonds is 4. The molecule has 2 heterocycles. The second-order valence-corrected chi connectivity index (χ2v) is 10.9. The zero-order valence-electron chi connectivity index (χ0n) is 19.7. The first-order chi connectivity index (χ1) is 14.4. The summed E-state index contributed by atoms with van der Waals surface area (Å²) >= 11 is 0. The number of benzene rings is 1. The van der Waals surface area contributed by atoms with Gasteiger partial charge in [-0.05, 0) is 52.0 Å². The van der Waals surface area contributed by atoms with Crippen LogP contribution in [0, 0.1) is 31.6 Å². The lowest BCUT2D eigenvalue weighted by Crippen LogP contribution is -2.37. The number of aromatic nitrogens is 2. The van der Waals surface area contributed by atoms with Crippen LogP contribution in [0.2, 0.25) is 0 Å². The molecule has 1 saturated heterocycles. The minimum atomic E-state index is -0.500. The van der Waals surface area contributed by atoms with E-state index in [-0.39, 0.29) is 29.6 Å². The zero-order chi connectivity index (χ0) is 22.7. The summed E-state index contributed by atoms with van der Waals surface area (Å²) in [6, 6.07) is 6.13. The molecule has 2 aliphatic rings. The summed E-state index contributed by atoms with van der Waals surface area (Å²) < 4.78 is 5.47. The summed E-state index contributed by atoms with van der Waals surface area (Å²) in [4.78, 5) is 36.7. The fourth-order valence-electron chi connectivity index (χ4n) is 5.04. The molecule has 1 aliphatic heterocycles. The quantitative estimate of drug-likeness (QED) is 0.719. The van der Waals surface area contributed by atoms with Crippen LogP contribution in [0.1, 0.15) is 58.1 Å². The molecular formula is C25H33N3O3. The summed E-state index contributed by atoms with van der Waals surface area (Å²) in [5.74, 6) is 1.59. The number of Topliss-reactive ketones (excluding diaryl/α,β-unsaturated/α-hetero) is 1. The Morgan fingerprint density at radius 1 is 1.06 bits per heavy atom. The number of nitrogens with zero attached hydrogens (tertiary/aromatic N) is 3. The van der Waals surface area contributed by atoms with Gasteiger partial charge >= 0.3 is 6.09 Å². The van der Waals surface area contributed by atoms with E-state index in [9.17, 15) is 9.59 Å². The van der Waals surface area contributed by atoms with Crippen molar-refractivity contribution in [2.75, 3.05) is 13.1 Å². The van der Waals surface area contributed by atoms with Gasteiger partial charge in [0.15, 0.2) is 0 Å². The first-order valence-electron chi connectivity index (χ1n) is 11.1. The van der Waals surface area contributed by atoms with E-state index in [1.807, 2.05) is 39.8 Å². The molecule has 6 heteroatoms. The number of ether oxygens (including phenoxy) is 1. The summed E-state index contributed by atoms with van der Waals surface area (Å²) in [6.07, 6.45) is 0.167. The molecule has 6 nitrogen and oxygen atoms in total. The number of fused-ring (bicyclic) bond motifs is 2. The van der Waals surface area contributed by atoms with Crippen LogP contribution in [0.3, 0.4) is 0 Å². The van der Waals surface area contributed by atoms with Crippen molar-refractivity contribution < 1.29 is 14.3 Å². The standard InChI is InChI=1S/C25H33N3O3/c1-14-9-8-10-16-21(14)26-15(2)27-22(16)25(6,7)11-19(29)20-17-12-28(13-18(17)20)23(30)31-24(3,4)5/h8-10,17-18,20H,11-13H2,1-7H3/t17-,18+,20?. The highest BCUT2D eigenvalue weighted by atomic mass is 16.6. The van der Waals surface area contributed by atoms with Gasteiger partial charge in [-0.15, -0.1) is 0 Å². The van der Waals surface area contributed by atoms with E-state index in [4.69, 9.17) is 9.72 Å². The van der Waals surface area contributed by atoms with E-state index in [0.717, 1.165) is 28.0 Å². The SMILES string of the molecule is Cc1nc(C(C)(C)CC(=O)C2[C@H]3CN(C(=O)OC(C)(C)C)C[C@@H]23)c2cccc(C)c2n1. The molecule has 1 aromatic carbocycles. The molecule has 166 valence electrons. The topological polar surface area (TPSA) is 72.4 Å². The van der Waals surface area contributed by atoms with E-state index in [2.05, 4.69) is 31.8 Å². The van der Waals surface area contributed by atoms with Crippen LogP contribution in [0.5, 0.6) is 0 Å². The van der Waals surface area contributed by atoms with Crippen LogP contribution in [0.4, 0.5) is 4.79 Å². The van der Waals surface area contributed by atoms with Crippen LogP contribution in [-0.2, 0) is 14.9 Å². The molecule has 1 aromatic heterocycles. The van der Waals surface area contributed by atoms with Crippen LogP contribution >= 0.6 is 0 Å². The Morgan fingerprint density at radius 2 is 1.71 bits per heavy atom. The molecule has 31 heavy (non-hydrogen) atoms. The Bertz CT molecular complexity index is 1040. The monoisotopic (exact) mass is 423 g/mol. The van der Waals surface area contributed by atoms with Crippen molar-refractivity contribution >= 4 is 22.8 Å². The molecule has 0 spiro atoms. The Balaban J connectivity index is 1.46. The van der Waals surface area contributed by atoms with Gasteiger partial charge in [-0.3, -0.25) is 4.79 Å². The Hall–Kier alpha value is -2.50. The van der Waals surface area contributed by atoms with Crippen LogP contribution < -0.4 is 0 Å². The number of hydrogen-bond donors (Lipinski definition) is 0. The number of carbonyl (C=O) groups excluding carboxylic acids is 2. The maximum Gasteiger partial charge on any atom is 0.410 e. The highest BCUT2D eigenvalue weighted by Gasteiger charge is 2.60. The number of likely N-dealkylation sites (tertiary alicyclic amines) is 1. The van der Waals surface area contributed by atoms with Crippen molar-refractivity contribution in [3.8, 4) is 0 Å². The molecule has 0 bridgehead atoms. The number of aryl methyl sites for hydroxylation is 2. The van der Waals surface area contributed by atoms with E-state index >= 15 is 0 Å². The first kappa shape index (κ1) is 21.7. The molecule has 1 amide bonds. The molecule has 1 saturated carbocycles. The average molecular weight is 424 g/mol. The third-order valence-electron chi connectivity index (χ3n) is 6.51. The number of para-hydroxylation sites is 1. The average Bonchev–Trinajstić information content (AvgIpc) is 3.14. The number of amides is 1. The van der Waals surface area contributed by atoms with Crippen LogP contribution in [0.25, 0.3) is 10.9 Å². The van der Waals surface area contributed by atoms with Gasteiger partial charge in [0.1, 0.15) is 17.2 Å². The van der Waals surface area contributed by atoms with E-state index < -0.39 is 11.0 Å². The number of hydrogen-bond acceptors (Lipinski definition) is 5. The minimum absolute atomic E-state index is 0.0499. The Kier molecular flexibility index (Phi) is 5.10. The van der Waals surface area contributed by atoms with Crippen molar-refractivity contribution in [3.05, 3.63) is 35.3 Å².